The fourth-order valence-corrected chi connectivity index (χ4v) is 2.36. The molecule has 0 spiro atoms. The van der Waals surface area contributed by atoms with Gasteiger partial charge in [-0.1, -0.05) is 13.8 Å². The number of nitrogens with zero attached hydrogens (tertiary/aromatic N) is 1. The lowest BCUT2D eigenvalue weighted by molar-refractivity contribution is -0.130. The van der Waals surface area contributed by atoms with Crippen LogP contribution in [0, 0.1) is 19.8 Å². The Morgan fingerprint density at radius 1 is 1.32 bits per heavy atom. The van der Waals surface area contributed by atoms with E-state index in [1.54, 1.807) is 19.9 Å². The number of imide groups is 1. The second-order valence-corrected chi connectivity index (χ2v) is 5.45. The molecule has 22 heavy (non-hydrogen) atoms. The number of carbonyl (C=O) groups excluding carboxylic acids is 3. The number of aromatic nitrogens is 1. The van der Waals surface area contributed by atoms with Crippen molar-refractivity contribution in [2.75, 3.05) is 0 Å². The predicted molar refractivity (Wildman–Crippen MR) is 81.3 cm³/mol. The van der Waals surface area contributed by atoms with Crippen LogP contribution in [0.3, 0.4) is 0 Å². The molecule has 0 aromatic carbocycles. The number of nitrogens with one attached hydrogen (secondary N) is 1. The number of urea groups is 1. The van der Waals surface area contributed by atoms with Crippen LogP contribution in [0.1, 0.15) is 42.5 Å². The van der Waals surface area contributed by atoms with Crippen LogP contribution < -0.4 is 11.1 Å². The maximum Gasteiger partial charge on any atom is 0.340 e. The number of ether oxygens (including phenoxy) is 1. The number of aryl methyl sites for hydroxylation is 1. The van der Waals surface area contributed by atoms with Gasteiger partial charge >= 0.3 is 12.0 Å². The Morgan fingerprint density at radius 2 is 1.91 bits per heavy atom. The average Bonchev–Trinajstić information content (AvgIpc) is 2.69. The molecule has 0 saturated carbocycles. The first-order chi connectivity index (χ1) is 10.2. The van der Waals surface area contributed by atoms with Gasteiger partial charge in [0.25, 0.3) is 5.91 Å². The first-order valence-electron chi connectivity index (χ1n) is 7.17. The Labute approximate surface area is 129 Å². The maximum absolute atomic E-state index is 12.3. The van der Waals surface area contributed by atoms with Crippen LogP contribution in [0.5, 0.6) is 0 Å². The third-order valence-corrected chi connectivity index (χ3v) is 3.45. The number of primary amides is 1. The molecule has 0 bridgehead atoms. The number of rotatable bonds is 5. The summed E-state index contributed by atoms with van der Waals surface area (Å²) < 4.78 is 7.26. The summed E-state index contributed by atoms with van der Waals surface area (Å²) in [5.74, 6) is -1.61. The molecule has 0 aliphatic rings. The van der Waals surface area contributed by atoms with Crippen molar-refractivity contribution >= 4 is 17.9 Å². The second kappa shape index (κ2) is 7.11. The molecule has 3 N–H and O–H groups in total. The van der Waals surface area contributed by atoms with E-state index >= 15 is 0 Å². The summed E-state index contributed by atoms with van der Waals surface area (Å²) >= 11 is 0. The Balaban J connectivity index is 2.97. The van der Waals surface area contributed by atoms with Crippen molar-refractivity contribution < 1.29 is 19.1 Å². The minimum atomic E-state index is -1.08. The number of amides is 3. The van der Waals surface area contributed by atoms with Gasteiger partial charge in [-0.2, -0.15) is 0 Å². The third-order valence-electron chi connectivity index (χ3n) is 3.45. The van der Waals surface area contributed by atoms with Crippen LogP contribution in [0.2, 0.25) is 0 Å². The monoisotopic (exact) mass is 309 g/mol. The Morgan fingerprint density at radius 3 is 2.32 bits per heavy atom. The van der Waals surface area contributed by atoms with Crippen molar-refractivity contribution in [1.29, 1.82) is 0 Å². The molecule has 3 amide bonds. The fourth-order valence-electron chi connectivity index (χ4n) is 2.36. The van der Waals surface area contributed by atoms with E-state index in [0.29, 0.717) is 5.56 Å². The van der Waals surface area contributed by atoms with E-state index in [-0.39, 0.29) is 5.92 Å². The van der Waals surface area contributed by atoms with E-state index < -0.39 is 24.0 Å². The number of hydrogen-bond acceptors (Lipinski definition) is 4. The van der Waals surface area contributed by atoms with Crippen molar-refractivity contribution in [2.24, 2.45) is 11.7 Å². The van der Waals surface area contributed by atoms with Gasteiger partial charge in [0.15, 0.2) is 6.10 Å². The summed E-state index contributed by atoms with van der Waals surface area (Å²) in [5, 5.41) is 1.94. The lowest BCUT2D eigenvalue weighted by atomic mass is 10.1. The van der Waals surface area contributed by atoms with Crippen molar-refractivity contribution in [3.8, 4) is 0 Å². The van der Waals surface area contributed by atoms with Gasteiger partial charge in [0.1, 0.15) is 0 Å². The van der Waals surface area contributed by atoms with E-state index in [0.717, 1.165) is 17.9 Å². The van der Waals surface area contributed by atoms with Crippen LogP contribution in [0.4, 0.5) is 4.79 Å². The topological polar surface area (TPSA) is 103 Å². The summed E-state index contributed by atoms with van der Waals surface area (Å²) in [6.07, 6.45) is -1.08. The zero-order valence-electron chi connectivity index (χ0n) is 13.6. The van der Waals surface area contributed by atoms with E-state index in [2.05, 4.69) is 0 Å². The summed E-state index contributed by atoms with van der Waals surface area (Å²) in [7, 11) is 0. The molecule has 0 unspecified atom stereocenters. The molecule has 0 saturated heterocycles. The molecule has 1 atom stereocenters. The van der Waals surface area contributed by atoms with Crippen LogP contribution in [-0.2, 0) is 16.1 Å². The fraction of sp³-hybridized carbons (Fsp3) is 0.533. The van der Waals surface area contributed by atoms with E-state index in [4.69, 9.17) is 10.5 Å². The molecule has 1 heterocycles. The predicted octanol–water partition coefficient (Wildman–Crippen LogP) is 1.50. The quantitative estimate of drug-likeness (QED) is 0.804. The van der Waals surface area contributed by atoms with Gasteiger partial charge in [0.05, 0.1) is 5.56 Å². The summed E-state index contributed by atoms with van der Waals surface area (Å²) in [4.78, 5) is 35.0. The highest BCUT2D eigenvalue weighted by Crippen LogP contribution is 2.18. The van der Waals surface area contributed by atoms with Crippen LogP contribution >= 0.6 is 0 Å². The molecule has 0 fully saturated rings. The zero-order chi connectivity index (χ0) is 17.0. The number of hydrogen-bond donors (Lipinski definition) is 2. The molecule has 1 aromatic rings. The lowest BCUT2D eigenvalue weighted by Crippen LogP contribution is -2.45. The van der Waals surface area contributed by atoms with Crippen molar-refractivity contribution in [1.82, 2.24) is 9.88 Å². The zero-order valence-corrected chi connectivity index (χ0v) is 13.6. The highest BCUT2D eigenvalue weighted by molar-refractivity contribution is 5.98. The lowest BCUT2D eigenvalue weighted by Gasteiger charge is -2.19. The second-order valence-electron chi connectivity index (χ2n) is 5.45. The average molecular weight is 309 g/mol. The third kappa shape index (κ3) is 3.87. The van der Waals surface area contributed by atoms with Gasteiger partial charge in [-0.25, -0.2) is 9.59 Å². The maximum atomic E-state index is 12.3. The molecule has 122 valence electrons. The van der Waals surface area contributed by atoms with E-state index in [9.17, 15) is 14.4 Å². The number of esters is 1. The van der Waals surface area contributed by atoms with Gasteiger partial charge in [-0.3, -0.25) is 10.1 Å². The van der Waals surface area contributed by atoms with Crippen LogP contribution in [-0.4, -0.2) is 28.6 Å². The number of nitrogens with two attached hydrogens (primary N) is 1. The smallest absolute Gasteiger partial charge is 0.340 e. The molecule has 1 aromatic heterocycles. The molecule has 1 rings (SSSR count). The normalized spacial score (nSPS) is 12.1. The van der Waals surface area contributed by atoms with Crippen LogP contribution in [0.25, 0.3) is 0 Å². The first kappa shape index (κ1) is 17.7. The standard InChI is InChI=1S/C15H23N3O4/c1-6-18-9(4)7-11(10(18)5)14(20)22-12(8(2)3)13(19)17-15(16)21/h7-8,12H,6H2,1-5H3,(H3,16,17,19,21)/t12-/m0/s1. The first-order valence-corrected chi connectivity index (χ1v) is 7.17. The van der Waals surface area contributed by atoms with E-state index in [1.165, 1.54) is 0 Å². The molecule has 7 heteroatoms. The molecule has 0 aliphatic carbocycles. The molecular formula is C15H23N3O4. The molecule has 0 aliphatic heterocycles. The van der Waals surface area contributed by atoms with Gasteiger partial charge in [-0.05, 0) is 32.8 Å². The minimum absolute atomic E-state index is 0.294. The van der Waals surface area contributed by atoms with E-state index in [1.807, 2.05) is 30.7 Å². The number of carbonyl (C=O) groups is 3. The van der Waals surface area contributed by atoms with Gasteiger partial charge in [0.2, 0.25) is 0 Å². The SMILES string of the molecule is CCn1c(C)cc(C(=O)O[C@H](C(=O)NC(N)=O)C(C)C)c1C. The highest BCUT2D eigenvalue weighted by atomic mass is 16.5. The summed E-state index contributed by atoms with van der Waals surface area (Å²) in [5.41, 5.74) is 7.06. The summed E-state index contributed by atoms with van der Waals surface area (Å²) in [6, 6.07) is 0.751. The summed E-state index contributed by atoms with van der Waals surface area (Å²) in [6.45, 7) is 9.86. The van der Waals surface area contributed by atoms with Crippen molar-refractivity contribution in [2.45, 2.75) is 47.3 Å². The van der Waals surface area contributed by atoms with Crippen molar-refractivity contribution in [3.05, 3.63) is 23.0 Å². The van der Waals surface area contributed by atoms with Gasteiger partial charge in [-0.15, -0.1) is 0 Å². The Kier molecular flexibility index (Phi) is 5.73. The molecular weight excluding hydrogens is 286 g/mol. The molecule has 7 nitrogen and oxygen atoms in total. The minimum Gasteiger partial charge on any atom is -0.448 e. The Bertz CT molecular complexity index is 590. The largest absolute Gasteiger partial charge is 0.448 e. The van der Waals surface area contributed by atoms with Crippen molar-refractivity contribution in [3.63, 3.8) is 0 Å². The highest BCUT2D eigenvalue weighted by Gasteiger charge is 2.29. The Hall–Kier alpha value is -2.31. The van der Waals surface area contributed by atoms with Gasteiger partial charge < -0.3 is 15.0 Å². The van der Waals surface area contributed by atoms with Crippen LogP contribution in [0.15, 0.2) is 6.07 Å². The molecule has 0 radical (unpaired) electrons. The van der Waals surface area contributed by atoms with Gasteiger partial charge in [0, 0.05) is 17.9 Å².